The van der Waals surface area contributed by atoms with E-state index in [4.69, 9.17) is 4.74 Å². The Hall–Kier alpha value is -2.03. The van der Waals surface area contributed by atoms with Gasteiger partial charge in [0.2, 0.25) is 5.91 Å². The molecule has 0 aromatic carbocycles. The molecule has 2 aliphatic heterocycles. The van der Waals surface area contributed by atoms with Crippen LogP contribution in [0.4, 0.5) is 0 Å². The number of nitrogens with one attached hydrogen (secondary N) is 2. The second kappa shape index (κ2) is 11.2. The fourth-order valence-electron chi connectivity index (χ4n) is 4.01. The van der Waals surface area contributed by atoms with Crippen LogP contribution >= 0.6 is 0 Å². The standard InChI is InChI=1S/C21H32N4O4/c26-15-19-18(24-21(28)16-5-4-8-22-14-16)7-6-17(29-19)13-20(27)23-9-12-25-10-2-1-3-11-25/h4-5,8,14,17-19,26H,1-3,6-7,9-13,15H2,(H,23,27)(H,24,28)/t17-,18+,19+/m1/s1. The second-order valence-electron chi connectivity index (χ2n) is 7.83. The zero-order valence-electron chi connectivity index (χ0n) is 16.9. The molecule has 1 aromatic heterocycles. The average molecular weight is 405 g/mol. The van der Waals surface area contributed by atoms with E-state index in [1.165, 1.54) is 25.5 Å². The van der Waals surface area contributed by atoms with E-state index in [9.17, 15) is 14.7 Å². The highest BCUT2D eigenvalue weighted by Gasteiger charge is 2.33. The minimum absolute atomic E-state index is 0.0263. The summed E-state index contributed by atoms with van der Waals surface area (Å²) in [6.45, 7) is 3.57. The molecule has 1 aromatic rings. The van der Waals surface area contributed by atoms with E-state index < -0.39 is 6.10 Å². The number of aromatic nitrogens is 1. The molecule has 3 atom stereocenters. The summed E-state index contributed by atoms with van der Waals surface area (Å²) in [4.78, 5) is 30.9. The lowest BCUT2D eigenvalue weighted by Crippen LogP contribution is -2.51. The minimum atomic E-state index is -0.518. The summed E-state index contributed by atoms with van der Waals surface area (Å²) in [5.41, 5.74) is 0.472. The lowest BCUT2D eigenvalue weighted by Gasteiger charge is -2.36. The number of amides is 2. The van der Waals surface area contributed by atoms with Gasteiger partial charge in [-0.2, -0.15) is 0 Å². The second-order valence-corrected chi connectivity index (χ2v) is 7.83. The van der Waals surface area contributed by atoms with Crippen molar-refractivity contribution in [1.29, 1.82) is 0 Å². The summed E-state index contributed by atoms with van der Waals surface area (Å²) in [6.07, 6.45) is 7.73. The molecule has 8 heteroatoms. The van der Waals surface area contributed by atoms with Gasteiger partial charge >= 0.3 is 0 Å². The lowest BCUT2D eigenvalue weighted by atomic mass is 9.96. The molecule has 2 saturated heterocycles. The fraction of sp³-hybridized carbons (Fsp3) is 0.667. The van der Waals surface area contributed by atoms with Crippen molar-refractivity contribution in [3.8, 4) is 0 Å². The van der Waals surface area contributed by atoms with Gasteiger partial charge in [-0.25, -0.2) is 0 Å². The SMILES string of the molecule is O=C(C[C@H]1CC[C@H](NC(=O)c2cccnc2)[C@H](CO)O1)NCCN1CCCCC1. The van der Waals surface area contributed by atoms with Gasteiger partial charge in [0.15, 0.2) is 0 Å². The topological polar surface area (TPSA) is 104 Å². The predicted octanol–water partition coefficient (Wildman–Crippen LogP) is 0.712. The van der Waals surface area contributed by atoms with Gasteiger partial charge in [-0.1, -0.05) is 6.42 Å². The van der Waals surface area contributed by atoms with Crippen molar-refractivity contribution in [3.05, 3.63) is 30.1 Å². The van der Waals surface area contributed by atoms with Crippen LogP contribution < -0.4 is 10.6 Å². The van der Waals surface area contributed by atoms with Crippen LogP contribution in [0, 0.1) is 0 Å². The molecule has 2 amide bonds. The first kappa shape index (κ1) is 21.7. The zero-order chi connectivity index (χ0) is 20.5. The van der Waals surface area contributed by atoms with Crippen molar-refractivity contribution in [2.45, 2.75) is 56.8 Å². The number of rotatable bonds is 8. The Bertz CT molecular complexity index is 651. The number of carbonyl (C=O) groups is 2. The molecule has 0 bridgehead atoms. The summed E-state index contributed by atoms with van der Waals surface area (Å²) < 4.78 is 5.90. The first-order valence-corrected chi connectivity index (χ1v) is 10.6. The smallest absolute Gasteiger partial charge is 0.253 e. The molecule has 3 heterocycles. The Morgan fingerprint density at radius 3 is 2.79 bits per heavy atom. The van der Waals surface area contributed by atoms with Crippen molar-refractivity contribution >= 4 is 11.8 Å². The molecular weight excluding hydrogens is 372 g/mol. The first-order chi connectivity index (χ1) is 14.2. The molecule has 2 aliphatic rings. The fourth-order valence-corrected chi connectivity index (χ4v) is 4.01. The number of aliphatic hydroxyl groups is 1. The van der Waals surface area contributed by atoms with E-state index >= 15 is 0 Å². The van der Waals surface area contributed by atoms with Gasteiger partial charge in [-0.3, -0.25) is 14.6 Å². The molecule has 0 aliphatic carbocycles. The van der Waals surface area contributed by atoms with E-state index in [2.05, 4.69) is 20.5 Å². The predicted molar refractivity (Wildman–Crippen MR) is 108 cm³/mol. The molecule has 0 radical (unpaired) electrons. The number of carbonyl (C=O) groups excluding carboxylic acids is 2. The number of nitrogens with zero attached hydrogens (tertiary/aromatic N) is 2. The van der Waals surface area contributed by atoms with Gasteiger partial charge in [0.05, 0.1) is 30.7 Å². The Morgan fingerprint density at radius 2 is 2.07 bits per heavy atom. The molecule has 3 rings (SSSR count). The third kappa shape index (κ3) is 6.76. The van der Waals surface area contributed by atoms with Crippen LogP contribution in [-0.4, -0.2) is 77.8 Å². The molecule has 3 N–H and O–H groups in total. The van der Waals surface area contributed by atoms with Crippen LogP contribution in [0.5, 0.6) is 0 Å². The van der Waals surface area contributed by atoms with E-state index in [1.807, 2.05) is 0 Å². The van der Waals surface area contributed by atoms with Crippen molar-refractivity contribution in [2.24, 2.45) is 0 Å². The van der Waals surface area contributed by atoms with Crippen LogP contribution in [0.15, 0.2) is 24.5 Å². The van der Waals surface area contributed by atoms with Crippen LogP contribution in [0.1, 0.15) is 48.9 Å². The van der Waals surface area contributed by atoms with Crippen LogP contribution in [-0.2, 0) is 9.53 Å². The van der Waals surface area contributed by atoms with Crippen LogP contribution in [0.2, 0.25) is 0 Å². The Labute approximate surface area is 172 Å². The Balaban J connectivity index is 1.39. The number of hydrogen-bond acceptors (Lipinski definition) is 6. The molecule has 2 fully saturated rings. The number of ether oxygens (including phenoxy) is 1. The van der Waals surface area contributed by atoms with E-state index in [0.717, 1.165) is 19.6 Å². The summed E-state index contributed by atoms with van der Waals surface area (Å²) >= 11 is 0. The molecule has 8 nitrogen and oxygen atoms in total. The summed E-state index contributed by atoms with van der Waals surface area (Å²) in [5.74, 6) is -0.263. The highest BCUT2D eigenvalue weighted by atomic mass is 16.5. The third-order valence-corrected chi connectivity index (χ3v) is 5.65. The monoisotopic (exact) mass is 404 g/mol. The van der Waals surface area contributed by atoms with Crippen molar-refractivity contribution < 1.29 is 19.4 Å². The number of pyridine rings is 1. The number of hydrogen-bond donors (Lipinski definition) is 3. The maximum absolute atomic E-state index is 12.3. The van der Waals surface area contributed by atoms with E-state index in [1.54, 1.807) is 18.3 Å². The first-order valence-electron chi connectivity index (χ1n) is 10.6. The summed E-state index contributed by atoms with van der Waals surface area (Å²) in [6, 6.07) is 3.11. The quantitative estimate of drug-likeness (QED) is 0.590. The molecule has 29 heavy (non-hydrogen) atoms. The molecule has 160 valence electrons. The van der Waals surface area contributed by atoms with Gasteiger partial charge in [-0.15, -0.1) is 0 Å². The van der Waals surface area contributed by atoms with Gasteiger partial charge < -0.3 is 25.4 Å². The maximum atomic E-state index is 12.3. The highest BCUT2D eigenvalue weighted by Crippen LogP contribution is 2.22. The van der Waals surface area contributed by atoms with Crippen molar-refractivity contribution in [3.63, 3.8) is 0 Å². The van der Waals surface area contributed by atoms with Crippen LogP contribution in [0.25, 0.3) is 0 Å². The minimum Gasteiger partial charge on any atom is -0.394 e. The average Bonchev–Trinajstić information content (AvgIpc) is 2.76. The summed E-state index contributed by atoms with van der Waals surface area (Å²) in [7, 11) is 0. The van der Waals surface area contributed by atoms with Gasteiger partial charge in [0.1, 0.15) is 6.10 Å². The number of piperidine rings is 1. The number of aliphatic hydroxyl groups excluding tert-OH is 1. The molecule has 0 spiro atoms. The Morgan fingerprint density at radius 1 is 1.24 bits per heavy atom. The van der Waals surface area contributed by atoms with Crippen molar-refractivity contribution in [1.82, 2.24) is 20.5 Å². The molecular formula is C21H32N4O4. The zero-order valence-corrected chi connectivity index (χ0v) is 16.9. The van der Waals surface area contributed by atoms with Crippen molar-refractivity contribution in [2.75, 3.05) is 32.8 Å². The lowest BCUT2D eigenvalue weighted by molar-refractivity contribution is -0.130. The normalized spacial score (nSPS) is 25.3. The summed E-state index contributed by atoms with van der Waals surface area (Å²) in [5, 5.41) is 15.6. The number of likely N-dealkylation sites (tertiary alicyclic amines) is 1. The largest absolute Gasteiger partial charge is 0.394 e. The Kier molecular flexibility index (Phi) is 8.39. The highest BCUT2D eigenvalue weighted by molar-refractivity contribution is 5.94. The third-order valence-electron chi connectivity index (χ3n) is 5.65. The maximum Gasteiger partial charge on any atom is 0.253 e. The van der Waals surface area contributed by atoms with Crippen LogP contribution in [0.3, 0.4) is 0 Å². The van der Waals surface area contributed by atoms with Gasteiger partial charge in [0.25, 0.3) is 5.91 Å². The van der Waals surface area contributed by atoms with Gasteiger partial charge in [-0.05, 0) is 50.9 Å². The molecule has 0 unspecified atom stereocenters. The molecule has 0 saturated carbocycles. The van der Waals surface area contributed by atoms with E-state index in [-0.39, 0.29) is 37.0 Å². The van der Waals surface area contributed by atoms with E-state index in [0.29, 0.717) is 24.9 Å². The van der Waals surface area contributed by atoms with Gasteiger partial charge in [0, 0.05) is 25.5 Å².